The summed E-state index contributed by atoms with van der Waals surface area (Å²) in [4.78, 5) is 0. The summed E-state index contributed by atoms with van der Waals surface area (Å²) in [6.07, 6.45) is 15.0. The van der Waals surface area contributed by atoms with Crippen molar-refractivity contribution in [1.82, 2.24) is 0 Å². The van der Waals surface area contributed by atoms with Crippen LogP contribution < -0.4 is 0 Å². The summed E-state index contributed by atoms with van der Waals surface area (Å²) in [6, 6.07) is 17.6. The summed E-state index contributed by atoms with van der Waals surface area (Å²) in [7, 11) is 0. The summed E-state index contributed by atoms with van der Waals surface area (Å²) in [6.45, 7) is 2.29. The molecule has 0 aromatic heterocycles. The van der Waals surface area contributed by atoms with Crippen molar-refractivity contribution < 1.29 is 4.39 Å². The number of benzene rings is 3. The fraction of sp³-hybridized carbons (Fsp3) is 0.467. The van der Waals surface area contributed by atoms with Crippen LogP contribution in [0.5, 0.6) is 0 Å². The van der Waals surface area contributed by atoms with E-state index < -0.39 is 0 Å². The Morgan fingerprint density at radius 2 is 1.53 bits per heavy atom. The van der Waals surface area contributed by atoms with E-state index in [9.17, 15) is 0 Å². The predicted octanol–water partition coefficient (Wildman–Crippen LogP) is 10.0. The number of unbranched alkanes of at least 4 members (excludes halogenated alkanes) is 3. The van der Waals surface area contributed by atoms with Crippen LogP contribution in [0.25, 0.3) is 21.9 Å². The van der Waals surface area contributed by atoms with E-state index in [1.54, 1.807) is 0 Å². The van der Waals surface area contributed by atoms with E-state index in [0.29, 0.717) is 16.0 Å². The Morgan fingerprint density at radius 3 is 2.25 bits per heavy atom. The maximum Gasteiger partial charge on any atom is 0.138 e. The van der Waals surface area contributed by atoms with Crippen LogP contribution in [0.15, 0.2) is 54.6 Å². The van der Waals surface area contributed by atoms with Gasteiger partial charge in [0.15, 0.2) is 0 Å². The molecule has 0 spiro atoms. The fourth-order valence-electron chi connectivity index (χ4n) is 5.39. The second kappa shape index (κ2) is 11.3. The third-order valence-electron chi connectivity index (χ3n) is 7.45. The van der Waals surface area contributed by atoms with Gasteiger partial charge in [-0.15, -0.1) is 0 Å². The summed E-state index contributed by atoms with van der Waals surface area (Å²) in [5, 5.41) is 2.36. The smallest absolute Gasteiger partial charge is 0.138 e. The molecule has 0 unspecified atom stereocenters. The van der Waals surface area contributed by atoms with Gasteiger partial charge >= 0.3 is 0 Å². The molecule has 1 aliphatic carbocycles. The Morgan fingerprint density at radius 1 is 0.812 bits per heavy atom. The molecule has 3 aromatic carbocycles. The Labute approximate surface area is 198 Å². The first-order chi connectivity index (χ1) is 15.6. The summed E-state index contributed by atoms with van der Waals surface area (Å²) >= 11 is 5.98. The molecule has 0 atom stereocenters. The number of fused-ring (bicyclic) bond motifs is 1. The lowest BCUT2D eigenvalue weighted by Gasteiger charge is -2.28. The molecule has 0 amide bonds. The second-order valence-corrected chi connectivity index (χ2v) is 10.2. The number of aryl methyl sites for hydroxylation is 1. The summed E-state index contributed by atoms with van der Waals surface area (Å²) < 4.78 is 15.2. The van der Waals surface area contributed by atoms with E-state index in [4.69, 9.17) is 11.6 Å². The van der Waals surface area contributed by atoms with Crippen molar-refractivity contribution in [3.05, 3.63) is 71.0 Å². The molecule has 0 saturated heterocycles. The lowest BCUT2D eigenvalue weighted by Crippen LogP contribution is -2.15. The topological polar surface area (TPSA) is 0 Å². The van der Waals surface area contributed by atoms with Gasteiger partial charge in [0.05, 0.1) is 0 Å². The molecule has 170 valence electrons. The van der Waals surface area contributed by atoms with E-state index in [2.05, 4.69) is 25.1 Å². The Bertz CT molecular complexity index is 999. The monoisotopic (exact) mass is 450 g/mol. The van der Waals surface area contributed by atoms with Crippen LogP contribution in [0.2, 0.25) is 5.02 Å². The molecule has 0 N–H and O–H groups in total. The molecule has 1 fully saturated rings. The third-order valence-corrected chi connectivity index (χ3v) is 7.70. The van der Waals surface area contributed by atoms with E-state index in [0.717, 1.165) is 29.2 Å². The largest absolute Gasteiger partial charge is 0.206 e. The zero-order chi connectivity index (χ0) is 22.3. The van der Waals surface area contributed by atoms with Gasteiger partial charge in [-0.1, -0.05) is 119 Å². The molecule has 2 heteroatoms. The van der Waals surface area contributed by atoms with Gasteiger partial charge in [0.25, 0.3) is 0 Å². The Kier molecular flexibility index (Phi) is 8.25. The van der Waals surface area contributed by atoms with Gasteiger partial charge in [0.1, 0.15) is 5.82 Å². The molecule has 1 aliphatic rings. The Hall–Kier alpha value is -1.86. The molecule has 0 aliphatic heterocycles. The highest BCUT2D eigenvalue weighted by molar-refractivity contribution is 6.30. The first-order valence-corrected chi connectivity index (χ1v) is 13.0. The molecule has 3 aromatic rings. The number of rotatable bonds is 9. The van der Waals surface area contributed by atoms with Gasteiger partial charge < -0.3 is 0 Å². The van der Waals surface area contributed by atoms with Crippen molar-refractivity contribution >= 4 is 22.4 Å². The first kappa shape index (κ1) is 23.3. The molecular weight excluding hydrogens is 415 g/mol. The quantitative estimate of drug-likeness (QED) is 0.284. The highest BCUT2D eigenvalue weighted by Crippen LogP contribution is 2.35. The minimum absolute atomic E-state index is 0.145. The molecule has 0 nitrogen and oxygen atoms in total. The van der Waals surface area contributed by atoms with Crippen LogP contribution in [-0.4, -0.2) is 0 Å². The maximum atomic E-state index is 15.2. The Balaban J connectivity index is 1.33. The van der Waals surface area contributed by atoms with Crippen LogP contribution in [0.3, 0.4) is 0 Å². The minimum Gasteiger partial charge on any atom is -0.206 e. The molecule has 1 saturated carbocycles. The zero-order valence-electron chi connectivity index (χ0n) is 19.4. The van der Waals surface area contributed by atoms with Crippen LogP contribution in [0, 0.1) is 17.7 Å². The lowest BCUT2D eigenvalue weighted by atomic mass is 9.77. The number of halogens is 2. The molecule has 0 bridgehead atoms. The van der Waals surface area contributed by atoms with Crippen LogP contribution >= 0.6 is 11.6 Å². The van der Waals surface area contributed by atoms with Crippen molar-refractivity contribution in [2.24, 2.45) is 11.8 Å². The van der Waals surface area contributed by atoms with E-state index in [1.165, 1.54) is 69.8 Å². The van der Waals surface area contributed by atoms with Crippen molar-refractivity contribution in [3.8, 4) is 11.1 Å². The van der Waals surface area contributed by atoms with Crippen molar-refractivity contribution in [2.45, 2.75) is 77.6 Å². The average Bonchev–Trinajstić information content (AvgIpc) is 2.82. The minimum atomic E-state index is -0.145. The van der Waals surface area contributed by atoms with Gasteiger partial charge in [-0.2, -0.15) is 0 Å². The average molecular weight is 451 g/mol. The predicted molar refractivity (Wildman–Crippen MR) is 137 cm³/mol. The lowest BCUT2D eigenvalue weighted by molar-refractivity contribution is 0.249. The van der Waals surface area contributed by atoms with Crippen molar-refractivity contribution in [1.29, 1.82) is 0 Å². The van der Waals surface area contributed by atoms with E-state index >= 15 is 4.39 Å². The molecule has 0 heterocycles. The van der Waals surface area contributed by atoms with Gasteiger partial charge in [0, 0.05) is 16.0 Å². The zero-order valence-corrected chi connectivity index (χ0v) is 20.1. The first-order valence-electron chi connectivity index (χ1n) is 12.6. The SMILES string of the molecule is CCCCCCC1CCC(CCc2ccc3c(F)c(-c4ccc(Cl)cc4)ccc3c2)CC1. The normalized spacial score (nSPS) is 18.8. The second-order valence-electron chi connectivity index (χ2n) is 9.76. The molecule has 4 rings (SSSR count). The van der Waals surface area contributed by atoms with Crippen LogP contribution in [-0.2, 0) is 6.42 Å². The maximum absolute atomic E-state index is 15.2. The molecular formula is C30H36ClF. The number of hydrogen-bond donors (Lipinski definition) is 0. The van der Waals surface area contributed by atoms with E-state index in [-0.39, 0.29) is 5.82 Å². The van der Waals surface area contributed by atoms with Crippen molar-refractivity contribution in [2.75, 3.05) is 0 Å². The van der Waals surface area contributed by atoms with Gasteiger partial charge in [-0.25, -0.2) is 4.39 Å². The highest BCUT2D eigenvalue weighted by atomic mass is 35.5. The van der Waals surface area contributed by atoms with Crippen molar-refractivity contribution in [3.63, 3.8) is 0 Å². The van der Waals surface area contributed by atoms with Crippen LogP contribution in [0.1, 0.15) is 76.7 Å². The summed E-state index contributed by atoms with van der Waals surface area (Å²) in [5.41, 5.74) is 2.82. The molecule has 0 radical (unpaired) electrons. The van der Waals surface area contributed by atoms with E-state index in [1.807, 2.05) is 36.4 Å². The van der Waals surface area contributed by atoms with Gasteiger partial charge in [-0.05, 0) is 53.3 Å². The van der Waals surface area contributed by atoms with Crippen LogP contribution in [0.4, 0.5) is 4.39 Å². The highest BCUT2D eigenvalue weighted by Gasteiger charge is 2.20. The van der Waals surface area contributed by atoms with Gasteiger partial charge in [-0.3, -0.25) is 0 Å². The summed E-state index contributed by atoms with van der Waals surface area (Å²) in [5.74, 6) is 1.69. The van der Waals surface area contributed by atoms with Gasteiger partial charge in [0.2, 0.25) is 0 Å². The third kappa shape index (κ3) is 5.93. The standard InChI is InChI=1S/C30H36ClF/c1-2-3-4-5-6-22-7-9-23(10-8-22)11-12-24-13-19-29-26(21-24)16-20-28(30(29)32)25-14-17-27(31)18-15-25/h13-23H,2-12H2,1H3. The number of hydrogen-bond acceptors (Lipinski definition) is 0. The molecule has 32 heavy (non-hydrogen) atoms. The fourth-order valence-corrected chi connectivity index (χ4v) is 5.51.